The summed E-state index contributed by atoms with van der Waals surface area (Å²) < 4.78 is 28.1. The molecule has 0 rings (SSSR count). The van der Waals surface area contributed by atoms with Crippen molar-refractivity contribution in [1.82, 2.24) is 0 Å². The van der Waals surface area contributed by atoms with Crippen LogP contribution in [0.2, 0.25) is 0 Å². The lowest BCUT2D eigenvalue weighted by atomic mass is 10.2. The maximum Gasteiger partial charge on any atom is 0.208 e. The Morgan fingerprint density at radius 3 is 2.22 bits per heavy atom. The normalized spacial score (nSPS) is 16.5. The summed E-state index contributed by atoms with van der Waals surface area (Å²) in [5.74, 6) is -1.86. The first-order valence-corrected chi connectivity index (χ1v) is 5.90. The Balaban J connectivity index is 3.39. The van der Waals surface area contributed by atoms with Crippen LogP contribution in [-0.4, -0.2) is 73.5 Å². The Kier molecular flexibility index (Phi) is 10.4. The van der Waals surface area contributed by atoms with Gasteiger partial charge in [0.05, 0.1) is 39.6 Å². The van der Waals surface area contributed by atoms with E-state index in [4.69, 9.17) is 24.4 Å². The number of halogens is 1. The lowest BCUT2D eigenvalue weighted by Gasteiger charge is -2.20. The number of aliphatic hydroxyl groups is 3. The van der Waals surface area contributed by atoms with Gasteiger partial charge in [-0.15, -0.1) is 0 Å². The molecule has 110 valence electrons. The van der Waals surface area contributed by atoms with Crippen LogP contribution in [0.25, 0.3) is 0 Å². The fourth-order valence-corrected chi connectivity index (χ4v) is 1.14. The molecular formula is C11H23FO6. The highest BCUT2D eigenvalue weighted by atomic mass is 19.2. The predicted octanol–water partition coefficient (Wildman–Crippen LogP) is -0.542. The van der Waals surface area contributed by atoms with E-state index in [9.17, 15) is 9.50 Å². The molecule has 0 aromatic carbocycles. The number of hydrogen-bond donors (Lipinski definition) is 3. The van der Waals surface area contributed by atoms with Crippen molar-refractivity contribution in [3.63, 3.8) is 0 Å². The summed E-state index contributed by atoms with van der Waals surface area (Å²) in [6.45, 7) is 1.34. The Bertz CT molecular complexity index is 190. The standard InChI is InChI=1S/C11H23FO6/c1-11(12,2-3-13)18-7-6-17-9-10(15)8-16-5-4-14/h10,13-15H,2-9H2,1H3. The summed E-state index contributed by atoms with van der Waals surface area (Å²) in [7, 11) is 0. The Hall–Kier alpha value is -0.310. The third-order valence-corrected chi connectivity index (χ3v) is 2.05. The fraction of sp³-hybridized carbons (Fsp3) is 1.00. The molecular weight excluding hydrogens is 247 g/mol. The molecule has 0 bridgehead atoms. The molecule has 0 aliphatic heterocycles. The molecule has 0 aliphatic carbocycles. The second-order valence-electron chi connectivity index (χ2n) is 3.95. The molecule has 2 unspecified atom stereocenters. The van der Waals surface area contributed by atoms with Crippen molar-refractivity contribution in [3.8, 4) is 0 Å². The van der Waals surface area contributed by atoms with Gasteiger partial charge in [-0.1, -0.05) is 0 Å². The van der Waals surface area contributed by atoms with Gasteiger partial charge in [0.15, 0.2) is 0 Å². The fourth-order valence-electron chi connectivity index (χ4n) is 1.14. The Morgan fingerprint density at radius 2 is 1.67 bits per heavy atom. The van der Waals surface area contributed by atoms with Gasteiger partial charge in [-0.3, -0.25) is 0 Å². The molecule has 6 nitrogen and oxygen atoms in total. The molecule has 0 aliphatic rings. The summed E-state index contributed by atoms with van der Waals surface area (Å²) in [4.78, 5) is 0. The van der Waals surface area contributed by atoms with Crippen molar-refractivity contribution in [2.45, 2.75) is 25.3 Å². The summed E-state index contributed by atoms with van der Waals surface area (Å²) in [6.07, 6.45) is -0.879. The van der Waals surface area contributed by atoms with Crippen LogP contribution in [-0.2, 0) is 14.2 Å². The Labute approximate surface area is 106 Å². The molecule has 0 fully saturated rings. The van der Waals surface area contributed by atoms with Crippen LogP contribution in [0.15, 0.2) is 0 Å². The zero-order valence-corrected chi connectivity index (χ0v) is 10.7. The molecule has 0 spiro atoms. The van der Waals surface area contributed by atoms with Gasteiger partial charge in [-0.05, 0) is 6.92 Å². The van der Waals surface area contributed by atoms with Gasteiger partial charge in [0.25, 0.3) is 0 Å². The first-order valence-electron chi connectivity index (χ1n) is 5.90. The highest BCUT2D eigenvalue weighted by Crippen LogP contribution is 2.15. The number of rotatable bonds is 12. The molecule has 0 aromatic rings. The van der Waals surface area contributed by atoms with E-state index in [1.165, 1.54) is 6.92 Å². The maximum absolute atomic E-state index is 13.4. The lowest BCUT2D eigenvalue weighted by molar-refractivity contribution is -0.153. The molecule has 0 saturated carbocycles. The first kappa shape index (κ1) is 17.7. The van der Waals surface area contributed by atoms with Gasteiger partial charge in [-0.25, -0.2) is 4.39 Å². The van der Waals surface area contributed by atoms with Gasteiger partial charge >= 0.3 is 0 Å². The van der Waals surface area contributed by atoms with Gasteiger partial charge in [0.1, 0.15) is 6.10 Å². The van der Waals surface area contributed by atoms with Crippen molar-refractivity contribution < 1.29 is 33.9 Å². The average Bonchev–Trinajstić information content (AvgIpc) is 2.28. The topological polar surface area (TPSA) is 88.4 Å². The summed E-state index contributed by atoms with van der Waals surface area (Å²) in [6, 6.07) is 0. The van der Waals surface area contributed by atoms with Gasteiger partial charge in [0.2, 0.25) is 5.85 Å². The van der Waals surface area contributed by atoms with E-state index in [-0.39, 0.29) is 52.7 Å². The highest BCUT2D eigenvalue weighted by molar-refractivity contribution is 4.59. The number of alkyl halides is 1. The van der Waals surface area contributed by atoms with Crippen LogP contribution in [0.5, 0.6) is 0 Å². The van der Waals surface area contributed by atoms with Crippen LogP contribution in [0.4, 0.5) is 4.39 Å². The van der Waals surface area contributed by atoms with Gasteiger partial charge in [0, 0.05) is 13.0 Å². The van der Waals surface area contributed by atoms with Gasteiger partial charge < -0.3 is 29.5 Å². The summed E-state index contributed by atoms with van der Waals surface area (Å²) in [5, 5.41) is 26.3. The minimum atomic E-state index is -1.86. The summed E-state index contributed by atoms with van der Waals surface area (Å²) in [5.41, 5.74) is 0. The van der Waals surface area contributed by atoms with Crippen molar-refractivity contribution >= 4 is 0 Å². The third-order valence-electron chi connectivity index (χ3n) is 2.05. The zero-order valence-electron chi connectivity index (χ0n) is 10.7. The van der Waals surface area contributed by atoms with E-state index < -0.39 is 12.0 Å². The lowest BCUT2D eigenvalue weighted by Crippen LogP contribution is -2.27. The van der Waals surface area contributed by atoms with E-state index in [1.807, 2.05) is 0 Å². The largest absolute Gasteiger partial charge is 0.396 e. The highest BCUT2D eigenvalue weighted by Gasteiger charge is 2.22. The molecule has 0 aromatic heterocycles. The van der Waals surface area contributed by atoms with Crippen molar-refractivity contribution in [3.05, 3.63) is 0 Å². The summed E-state index contributed by atoms with van der Waals surface area (Å²) >= 11 is 0. The quantitative estimate of drug-likeness (QED) is 0.413. The second-order valence-corrected chi connectivity index (χ2v) is 3.95. The molecule has 3 N–H and O–H groups in total. The van der Waals surface area contributed by atoms with E-state index in [0.29, 0.717) is 0 Å². The number of aliphatic hydroxyl groups excluding tert-OH is 3. The van der Waals surface area contributed by atoms with Crippen LogP contribution in [0, 0.1) is 0 Å². The maximum atomic E-state index is 13.4. The number of hydrogen-bond acceptors (Lipinski definition) is 6. The van der Waals surface area contributed by atoms with E-state index in [0.717, 1.165) is 0 Å². The van der Waals surface area contributed by atoms with E-state index >= 15 is 0 Å². The zero-order chi connectivity index (χ0) is 13.9. The second kappa shape index (κ2) is 10.6. The molecule has 2 atom stereocenters. The SMILES string of the molecule is CC(F)(CCO)OCCOCC(O)COCCO. The van der Waals surface area contributed by atoms with Crippen LogP contribution < -0.4 is 0 Å². The van der Waals surface area contributed by atoms with Crippen molar-refractivity contribution in [2.75, 3.05) is 46.2 Å². The molecule has 0 heterocycles. The molecule has 18 heavy (non-hydrogen) atoms. The Morgan fingerprint density at radius 1 is 1.06 bits per heavy atom. The molecule has 0 radical (unpaired) electrons. The minimum absolute atomic E-state index is 0.0389. The third kappa shape index (κ3) is 10.8. The predicted molar refractivity (Wildman–Crippen MR) is 61.9 cm³/mol. The smallest absolute Gasteiger partial charge is 0.208 e. The monoisotopic (exact) mass is 270 g/mol. The van der Waals surface area contributed by atoms with E-state index in [2.05, 4.69) is 0 Å². The van der Waals surface area contributed by atoms with E-state index in [1.54, 1.807) is 0 Å². The van der Waals surface area contributed by atoms with Crippen molar-refractivity contribution in [2.24, 2.45) is 0 Å². The molecule has 7 heteroatoms. The van der Waals surface area contributed by atoms with Crippen LogP contribution in [0.3, 0.4) is 0 Å². The molecule has 0 saturated heterocycles. The van der Waals surface area contributed by atoms with Crippen LogP contribution >= 0.6 is 0 Å². The minimum Gasteiger partial charge on any atom is -0.396 e. The number of ether oxygens (including phenoxy) is 3. The van der Waals surface area contributed by atoms with Gasteiger partial charge in [-0.2, -0.15) is 0 Å². The van der Waals surface area contributed by atoms with Crippen molar-refractivity contribution in [1.29, 1.82) is 0 Å². The van der Waals surface area contributed by atoms with Crippen LogP contribution in [0.1, 0.15) is 13.3 Å². The average molecular weight is 270 g/mol. The molecule has 0 amide bonds. The first-order chi connectivity index (χ1) is 8.52.